The number of amides is 1. The molecule has 21 heavy (non-hydrogen) atoms. The first-order valence-electron chi connectivity index (χ1n) is 6.77. The number of aromatic amines is 1. The first-order chi connectivity index (χ1) is 10.2. The van der Waals surface area contributed by atoms with Crippen molar-refractivity contribution < 1.29 is 4.79 Å². The molecule has 1 aromatic carbocycles. The van der Waals surface area contributed by atoms with Crippen LogP contribution in [0.3, 0.4) is 0 Å². The summed E-state index contributed by atoms with van der Waals surface area (Å²) in [4.78, 5) is 14.2. The van der Waals surface area contributed by atoms with E-state index in [4.69, 9.17) is 11.6 Å². The summed E-state index contributed by atoms with van der Waals surface area (Å²) in [5.74, 6) is 0.479. The lowest BCUT2D eigenvalue weighted by atomic mass is 10.1. The van der Waals surface area contributed by atoms with Gasteiger partial charge in [0.05, 0.1) is 0 Å². The number of carbonyl (C=O) groups excluding carboxylic acids is 1. The second-order valence-corrected chi connectivity index (χ2v) is 5.41. The van der Waals surface area contributed by atoms with Gasteiger partial charge in [-0.3, -0.25) is 4.79 Å². The lowest BCUT2D eigenvalue weighted by Gasteiger charge is -2.32. The van der Waals surface area contributed by atoms with Crippen LogP contribution in [0.1, 0.15) is 23.2 Å². The molecule has 2 heterocycles. The van der Waals surface area contributed by atoms with Crippen LogP contribution in [0.25, 0.3) is 0 Å². The van der Waals surface area contributed by atoms with Crippen LogP contribution >= 0.6 is 11.6 Å². The lowest BCUT2D eigenvalue weighted by Crippen LogP contribution is -2.48. The number of nitrogens with one attached hydrogen (secondary N) is 2. The largest absolute Gasteiger partial charge is 0.348 e. The van der Waals surface area contributed by atoms with Gasteiger partial charge in [0.15, 0.2) is 0 Å². The van der Waals surface area contributed by atoms with Crippen LogP contribution in [0.5, 0.6) is 0 Å². The number of hydrogen-bond donors (Lipinski definition) is 2. The Hall–Kier alpha value is -2.15. The quantitative estimate of drug-likeness (QED) is 0.891. The van der Waals surface area contributed by atoms with Gasteiger partial charge in [-0.05, 0) is 42.3 Å². The third-order valence-corrected chi connectivity index (χ3v) is 3.73. The Labute approximate surface area is 126 Å². The van der Waals surface area contributed by atoms with Crippen LogP contribution in [0.15, 0.2) is 24.3 Å². The van der Waals surface area contributed by atoms with Crippen molar-refractivity contribution >= 4 is 23.5 Å². The number of carbonyl (C=O) groups is 1. The summed E-state index contributed by atoms with van der Waals surface area (Å²) in [6.45, 7) is 1.55. The molecule has 1 saturated heterocycles. The van der Waals surface area contributed by atoms with E-state index in [0.717, 1.165) is 19.4 Å². The van der Waals surface area contributed by atoms with Crippen LogP contribution < -0.4 is 10.2 Å². The Bertz CT molecular complexity index is 600. The van der Waals surface area contributed by atoms with E-state index < -0.39 is 0 Å². The predicted molar refractivity (Wildman–Crippen MR) is 78.3 cm³/mol. The van der Waals surface area contributed by atoms with Gasteiger partial charge in [-0.1, -0.05) is 16.7 Å². The Balaban J connectivity index is 1.62. The molecule has 2 aromatic rings. The minimum absolute atomic E-state index is 0.0698. The van der Waals surface area contributed by atoms with E-state index in [9.17, 15) is 4.79 Å². The van der Waals surface area contributed by atoms with Crippen molar-refractivity contribution in [3.05, 3.63) is 34.9 Å². The zero-order valence-electron chi connectivity index (χ0n) is 11.3. The maximum absolute atomic E-state index is 12.2. The number of nitrogens with zero attached hydrogens (tertiary/aromatic N) is 4. The number of benzene rings is 1. The third kappa shape index (κ3) is 3.30. The van der Waals surface area contributed by atoms with Gasteiger partial charge in [0.2, 0.25) is 0 Å². The number of hydrogen-bond acceptors (Lipinski definition) is 5. The van der Waals surface area contributed by atoms with E-state index in [0.29, 0.717) is 23.1 Å². The number of tetrazole rings is 1. The lowest BCUT2D eigenvalue weighted by molar-refractivity contribution is 0.0933. The van der Waals surface area contributed by atoms with Crippen molar-refractivity contribution in [2.45, 2.75) is 18.9 Å². The van der Waals surface area contributed by atoms with Crippen LogP contribution in [0.4, 0.5) is 5.95 Å². The van der Waals surface area contributed by atoms with Crippen molar-refractivity contribution in [1.29, 1.82) is 0 Å². The number of aromatic nitrogens is 4. The fourth-order valence-corrected chi connectivity index (χ4v) is 2.56. The van der Waals surface area contributed by atoms with Gasteiger partial charge in [0, 0.05) is 29.7 Å². The molecule has 1 fully saturated rings. The Morgan fingerprint density at radius 1 is 1.38 bits per heavy atom. The highest BCUT2D eigenvalue weighted by molar-refractivity contribution is 6.30. The van der Waals surface area contributed by atoms with E-state index in [1.54, 1.807) is 24.3 Å². The summed E-state index contributed by atoms with van der Waals surface area (Å²) < 4.78 is 0. The van der Waals surface area contributed by atoms with Crippen LogP contribution in [-0.4, -0.2) is 45.7 Å². The highest BCUT2D eigenvalue weighted by Gasteiger charge is 2.24. The van der Waals surface area contributed by atoms with Crippen molar-refractivity contribution in [2.24, 2.45) is 0 Å². The van der Waals surface area contributed by atoms with Crippen molar-refractivity contribution in [3.8, 4) is 0 Å². The maximum Gasteiger partial charge on any atom is 0.265 e. The van der Waals surface area contributed by atoms with Gasteiger partial charge in [-0.25, -0.2) is 0 Å². The van der Waals surface area contributed by atoms with Crippen LogP contribution in [-0.2, 0) is 0 Å². The zero-order chi connectivity index (χ0) is 14.7. The maximum atomic E-state index is 12.2. The number of halogens is 1. The van der Waals surface area contributed by atoms with Gasteiger partial charge in [-0.2, -0.15) is 5.21 Å². The van der Waals surface area contributed by atoms with Gasteiger partial charge in [0.25, 0.3) is 11.9 Å². The number of anilines is 1. The summed E-state index contributed by atoms with van der Waals surface area (Å²) in [5, 5.41) is 17.6. The zero-order valence-corrected chi connectivity index (χ0v) is 12.0. The van der Waals surface area contributed by atoms with Crippen molar-refractivity contribution in [1.82, 2.24) is 25.9 Å². The first kappa shape index (κ1) is 13.8. The molecule has 1 aromatic heterocycles. The molecule has 0 bridgehead atoms. The molecule has 0 radical (unpaired) electrons. The molecule has 0 saturated carbocycles. The molecule has 0 aliphatic carbocycles. The van der Waals surface area contributed by atoms with Crippen molar-refractivity contribution in [2.75, 3.05) is 18.0 Å². The van der Waals surface area contributed by atoms with E-state index in [1.807, 2.05) is 4.90 Å². The number of piperidine rings is 1. The standard InChI is InChI=1S/C13H15ClN6O/c14-10-5-3-9(4-6-10)12(21)15-11-2-1-7-20(8-11)13-16-18-19-17-13/h3-6,11H,1-2,7-8H2,(H,15,21)(H,16,17,18,19)/t11-/m1/s1. The summed E-state index contributed by atoms with van der Waals surface area (Å²) in [6, 6.07) is 6.93. The highest BCUT2D eigenvalue weighted by Crippen LogP contribution is 2.15. The highest BCUT2D eigenvalue weighted by atomic mass is 35.5. The van der Waals surface area contributed by atoms with E-state index in [2.05, 4.69) is 25.9 Å². The molecule has 110 valence electrons. The van der Waals surface area contributed by atoms with E-state index in [-0.39, 0.29) is 11.9 Å². The number of rotatable bonds is 3. The fourth-order valence-electron chi connectivity index (χ4n) is 2.44. The molecule has 8 heteroatoms. The van der Waals surface area contributed by atoms with Gasteiger partial charge in [-0.15, -0.1) is 5.10 Å². The van der Waals surface area contributed by atoms with Crippen LogP contribution in [0, 0.1) is 0 Å². The minimum atomic E-state index is -0.0911. The van der Waals surface area contributed by atoms with Gasteiger partial charge >= 0.3 is 0 Å². The normalized spacial score (nSPS) is 18.5. The topological polar surface area (TPSA) is 86.8 Å². The molecular formula is C13H15ClN6O. The minimum Gasteiger partial charge on any atom is -0.348 e. The predicted octanol–water partition coefficient (Wildman–Crippen LogP) is 1.25. The van der Waals surface area contributed by atoms with E-state index >= 15 is 0 Å². The molecule has 1 aliphatic heterocycles. The summed E-state index contributed by atoms with van der Waals surface area (Å²) in [7, 11) is 0. The molecule has 1 aliphatic rings. The number of H-pyrrole nitrogens is 1. The SMILES string of the molecule is O=C(N[C@@H]1CCCN(c2nn[nH]n2)C1)c1ccc(Cl)cc1. The average molecular weight is 307 g/mol. The van der Waals surface area contributed by atoms with Crippen LogP contribution in [0.2, 0.25) is 5.02 Å². The van der Waals surface area contributed by atoms with Gasteiger partial charge < -0.3 is 10.2 Å². The summed E-state index contributed by atoms with van der Waals surface area (Å²) in [5.41, 5.74) is 0.607. The molecule has 0 spiro atoms. The van der Waals surface area contributed by atoms with Gasteiger partial charge in [0.1, 0.15) is 0 Å². The van der Waals surface area contributed by atoms with Crippen molar-refractivity contribution in [3.63, 3.8) is 0 Å². The third-order valence-electron chi connectivity index (χ3n) is 3.48. The average Bonchev–Trinajstić information content (AvgIpc) is 3.02. The fraction of sp³-hybridized carbons (Fsp3) is 0.385. The second kappa shape index (κ2) is 6.09. The Kier molecular flexibility index (Phi) is 4.01. The Morgan fingerprint density at radius 2 is 2.19 bits per heavy atom. The second-order valence-electron chi connectivity index (χ2n) is 4.98. The molecule has 7 nitrogen and oxygen atoms in total. The molecule has 2 N–H and O–H groups in total. The molecule has 1 amide bonds. The Morgan fingerprint density at radius 3 is 2.90 bits per heavy atom. The smallest absolute Gasteiger partial charge is 0.265 e. The summed E-state index contributed by atoms with van der Waals surface area (Å²) in [6.07, 6.45) is 1.91. The monoisotopic (exact) mass is 306 g/mol. The van der Waals surface area contributed by atoms with E-state index in [1.165, 1.54) is 0 Å². The molecule has 1 atom stereocenters. The molecule has 0 unspecified atom stereocenters. The summed E-state index contributed by atoms with van der Waals surface area (Å²) >= 11 is 5.82. The molecule has 3 rings (SSSR count). The molecular weight excluding hydrogens is 292 g/mol. The first-order valence-corrected chi connectivity index (χ1v) is 7.15.